The molecule has 0 bridgehead atoms. The number of ether oxygens (including phenoxy) is 1. The van der Waals surface area contributed by atoms with Gasteiger partial charge in [0.25, 0.3) is 0 Å². The molecule has 1 atom stereocenters. The molecule has 0 saturated carbocycles. The van der Waals surface area contributed by atoms with Gasteiger partial charge in [-0.1, -0.05) is 0 Å². The van der Waals surface area contributed by atoms with E-state index >= 15 is 0 Å². The Hall–Kier alpha value is -1.31. The molecular weight excluding hydrogens is 292 g/mol. The molecule has 2 rings (SSSR count). The lowest BCUT2D eigenvalue weighted by atomic mass is 10.1. The van der Waals surface area contributed by atoms with E-state index in [-0.39, 0.29) is 17.5 Å². The Morgan fingerprint density at radius 1 is 1.48 bits per heavy atom. The molecule has 1 aliphatic rings. The van der Waals surface area contributed by atoms with E-state index in [1.807, 2.05) is 0 Å². The van der Waals surface area contributed by atoms with Crippen LogP contribution in [0.5, 0.6) is 5.75 Å². The van der Waals surface area contributed by atoms with E-state index in [9.17, 15) is 8.42 Å². The fraction of sp³-hybridized carbons (Fsp3) is 0.571. The van der Waals surface area contributed by atoms with E-state index in [4.69, 9.17) is 15.6 Å². The first-order valence-corrected chi connectivity index (χ1v) is 8.51. The molecule has 1 unspecified atom stereocenters. The minimum Gasteiger partial charge on any atom is -0.495 e. The number of anilines is 1. The van der Waals surface area contributed by atoms with Crippen molar-refractivity contribution in [2.24, 2.45) is 0 Å². The lowest BCUT2D eigenvalue weighted by Gasteiger charge is -2.25. The topological polar surface area (TPSA) is 92.9 Å². The summed E-state index contributed by atoms with van der Waals surface area (Å²) in [5, 5.41) is 8.95. The summed E-state index contributed by atoms with van der Waals surface area (Å²) in [6, 6.07) is 4.56. The van der Waals surface area contributed by atoms with Crippen LogP contribution in [-0.2, 0) is 10.0 Å². The maximum Gasteiger partial charge on any atom is 0.247 e. The zero-order valence-electron chi connectivity index (χ0n) is 12.2. The maximum absolute atomic E-state index is 12.9. The van der Waals surface area contributed by atoms with E-state index in [1.165, 1.54) is 17.5 Å². The number of rotatable bonds is 6. The van der Waals surface area contributed by atoms with Crippen LogP contribution in [0.2, 0.25) is 0 Å². The highest BCUT2D eigenvalue weighted by Crippen LogP contribution is 2.33. The second-order valence-electron chi connectivity index (χ2n) is 5.19. The molecule has 0 amide bonds. The predicted octanol–water partition coefficient (Wildman–Crippen LogP) is 1.20. The fourth-order valence-corrected chi connectivity index (χ4v) is 4.68. The highest BCUT2D eigenvalue weighted by Gasteiger charge is 2.36. The predicted molar refractivity (Wildman–Crippen MR) is 80.6 cm³/mol. The number of methoxy groups -OCH3 is 1. The summed E-state index contributed by atoms with van der Waals surface area (Å²) in [6.45, 7) is 0.572. The van der Waals surface area contributed by atoms with Gasteiger partial charge in [-0.05, 0) is 43.9 Å². The van der Waals surface area contributed by atoms with Gasteiger partial charge in [-0.15, -0.1) is 0 Å². The molecule has 7 heteroatoms. The number of hydrogen-bond acceptors (Lipinski definition) is 5. The second-order valence-corrected chi connectivity index (χ2v) is 7.05. The Kier molecular flexibility index (Phi) is 5.08. The summed E-state index contributed by atoms with van der Waals surface area (Å²) >= 11 is 0. The largest absolute Gasteiger partial charge is 0.495 e. The molecule has 118 valence electrons. The molecule has 1 aromatic carbocycles. The van der Waals surface area contributed by atoms with Gasteiger partial charge in [-0.25, -0.2) is 8.42 Å². The van der Waals surface area contributed by atoms with Gasteiger partial charge in [-0.2, -0.15) is 4.31 Å². The van der Waals surface area contributed by atoms with Crippen molar-refractivity contribution in [2.45, 2.75) is 36.6 Å². The van der Waals surface area contributed by atoms with Crippen molar-refractivity contribution in [2.75, 3.05) is 26.0 Å². The quantitative estimate of drug-likeness (QED) is 0.770. The van der Waals surface area contributed by atoms with E-state index in [1.54, 1.807) is 12.1 Å². The highest BCUT2D eigenvalue weighted by atomic mass is 32.2. The van der Waals surface area contributed by atoms with E-state index < -0.39 is 10.0 Å². The Morgan fingerprint density at radius 2 is 2.24 bits per heavy atom. The molecule has 0 spiro atoms. The van der Waals surface area contributed by atoms with Gasteiger partial charge in [0.05, 0.1) is 7.11 Å². The number of nitrogens with two attached hydrogens (primary N) is 1. The number of aliphatic hydroxyl groups is 1. The maximum atomic E-state index is 12.9. The summed E-state index contributed by atoms with van der Waals surface area (Å²) in [5.41, 5.74) is 6.11. The van der Waals surface area contributed by atoms with Crippen LogP contribution < -0.4 is 10.5 Å². The Morgan fingerprint density at radius 3 is 2.90 bits per heavy atom. The molecule has 0 aliphatic carbocycles. The summed E-state index contributed by atoms with van der Waals surface area (Å²) in [4.78, 5) is 0.112. The second kappa shape index (κ2) is 6.64. The molecule has 3 N–H and O–H groups in total. The van der Waals surface area contributed by atoms with Crippen LogP contribution in [0.15, 0.2) is 23.1 Å². The minimum atomic E-state index is -3.64. The molecule has 1 aliphatic heterocycles. The Labute approximate surface area is 125 Å². The number of aliphatic hydroxyl groups excluding tert-OH is 1. The number of nitrogen functional groups attached to an aromatic ring is 1. The van der Waals surface area contributed by atoms with Crippen molar-refractivity contribution in [3.8, 4) is 5.75 Å². The van der Waals surface area contributed by atoms with Gasteiger partial charge in [0, 0.05) is 24.9 Å². The average Bonchev–Trinajstić information content (AvgIpc) is 2.94. The van der Waals surface area contributed by atoms with Crippen LogP contribution >= 0.6 is 0 Å². The SMILES string of the molecule is COc1ccc(N)cc1S(=O)(=O)N1CCCC1CCCO. The number of nitrogens with zero attached hydrogens (tertiary/aromatic N) is 1. The third-order valence-electron chi connectivity index (χ3n) is 3.79. The zero-order chi connectivity index (χ0) is 15.5. The first kappa shape index (κ1) is 16.1. The van der Waals surface area contributed by atoms with Crippen LogP contribution in [0.1, 0.15) is 25.7 Å². The van der Waals surface area contributed by atoms with Gasteiger partial charge in [0.2, 0.25) is 10.0 Å². The van der Waals surface area contributed by atoms with E-state index in [0.717, 1.165) is 12.8 Å². The van der Waals surface area contributed by atoms with Gasteiger partial charge >= 0.3 is 0 Å². The summed E-state index contributed by atoms with van der Waals surface area (Å²) in [7, 11) is -2.19. The molecule has 0 radical (unpaired) electrons. The van der Waals surface area contributed by atoms with Crippen LogP contribution in [0, 0.1) is 0 Å². The lowest BCUT2D eigenvalue weighted by molar-refractivity contribution is 0.264. The molecular formula is C14H22N2O4S. The molecule has 1 aromatic rings. The summed E-state index contributed by atoms with van der Waals surface area (Å²) in [5.74, 6) is 0.303. The first-order valence-electron chi connectivity index (χ1n) is 7.07. The third kappa shape index (κ3) is 3.30. The lowest BCUT2D eigenvalue weighted by Crippen LogP contribution is -2.35. The average molecular weight is 314 g/mol. The standard InChI is InChI=1S/C14H22N2O4S/c1-20-13-7-6-11(15)10-14(13)21(18,19)16-8-2-4-12(16)5-3-9-17/h6-7,10,12,17H,2-5,8-9,15H2,1H3. The van der Waals surface area contributed by atoms with Crippen molar-refractivity contribution in [1.82, 2.24) is 4.31 Å². The van der Waals surface area contributed by atoms with Crippen molar-refractivity contribution >= 4 is 15.7 Å². The highest BCUT2D eigenvalue weighted by molar-refractivity contribution is 7.89. The van der Waals surface area contributed by atoms with Crippen LogP contribution in [0.25, 0.3) is 0 Å². The normalized spacial score (nSPS) is 19.8. The summed E-state index contributed by atoms with van der Waals surface area (Å²) in [6.07, 6.45) is 2.93. The Balaban J connectivity index is 2.35. The first-order chi connectivity index (χ1) is 10.0. The van der Waals surface area contributed by atoms with Crippen LogP contribution in [0.4, 0.5) is 5.69 Å². The number of benzene rings is 1. The fourth-order valence-electron chi connectivity index (χ4n) is 2.76. The van der Waals surface area contributed by atoms with Gasteiger partial charge in [0.1, 0.15) is 10.6 Å². The summed E-state index contributed by atoms with van der Waals surface area (Å²) < 4.78 is 32.4. The van der Waals surface area contributed by atoms with Crippen molar-refractivity contribution in [3.05, 3.63) is 18.2 Å². The van der Waals surface area contributed by atoms with E-state index in [0.29, 0.717) is 30.8 Å². The Bertz CT molecular complexity index is 589. The molecule has 1 fully saturated rings. The van der Waals surface area contributed by atoms with Crippen LogP contribution in [-0.4, -0.2) is 44.1 Å². The minimum absolute atomic E-state index is 0.0618. The zero-order valence-corrected chi connectivity index (χ0v) is 13.0. The van der Waals surface area contributed by atoms with Gasteiger partial charge in [0.15, 0.2) is 0 Å². The molecule has 6 nitrogen and oxygen atoms in total. The number of hydrogen-bond donors (Lipinski definition) is 2. The van der Waals surface area contributed by atoms with Gasteiger partial charge in [-0.3, -0.25) is 0 Å². The van der Waals surface area contributed by atoms with Crippen molar-refractivity contribution < 1.29 is 18.3 Å². The van der Waals surface area contributed by atoms with Crippen molar-refractivity contribution in [1.29, 1.82) is 0 Å². The molecule has 0 aromatic heterocycles. The van der Waals surface area contributed by atoms with Crippen molar-refractivity contribution in [3.63, 3.8) is 0 Å². The molecule has 1 heterocycles. The van der Waals surface area contributed by atoms with Gasteiger partial charge < -0.3 is 15.6 Å². The monoisotopic (exact) mass is 314 g/mol. The third-order valence-corrected chi connectivity index (χ3v) is 5.77. The molecule has 21 heavy (non-hydrogen) atoms. The van der Waals surface area contributed by atoms with E-state index in [2.05, 4.69) is 0 Å². The number of sulfonamides is 1. The smallest absolute Gasteiger partial charge is 0.247 e. The molecule has 1 saturated heterocycles. The van der Waals surface area contributed by atoms with Crippen LogP contribution in [0.3, 0.4) is 0 Å².